The minimum atomic E-state index is -4.20. The second-order valence-corrected chi connectivity index (χ2v) is 4.71. The number of hydrogen-bond acceptors (Lipinski definition) is 3. The summed E-state index contributed by atoms with van der Waals surface area (Å²) in [6.07, 6.45) is -5.06. The van der Waals surface area contributed by atoms with Gasteiger partial charge in [-0.05, 0) is 17.7 Å². The fourth-order valence-corrected chi connectivity index (χ4v) is 2.37. The van der Waals surface area contributed by atoms with Crippen LogP contribution in [0.4, 0.5) is 13.2 Å². The van der Waals surface area contributed by atoms with Crippen LogP contribution in [0, 0.1) is 0 Å². The minimum Gasteiger partial charge on any atom is -0.508 e. The zero-order valence-electron chi connectivity index (χ0n) is 10.9. The number of nitrogens with zero attached hydrogens (tertiary/aromatic N) is 1. The van der Waals surface area contributed by atoms with Gasteiger partial charge in [-0.15, -0.1) is 12.4 Å². The van der Waals surface area contributed by atoms with Crippen LogP contribution in [-0.4, -0.2) is 42.4 Å². The van der Waals surface area contributed by atoms with Crippen LogP contribution in [0.2, 0.25) is 0 Å². The van der Waals surface area contributed by atoms with Gasteiger partial charge in [0.25, 0.3) is 0 Å². The summed E-state index contributed by atoms with van der Waals surface area (Å²) in [6, 6.07) is 5.31. The highest BCUT2D eigenvalue weighted by Gasteiger charge is 2.35. The van der Waals surface area contributed by atoms with Crippen LogP contribution in [0.25, 0.3) is 0 Å². The van der Waals surface area contributed by atoms with Crippen molar-refractivity contribution >= 4 is 12.4 Å². The Labute approximate surface area is 122 Å². The first-order chi connectivity index (χ1) is 8.96. The Bertz CT molecular complexity index is 405. The van der Waals surface area contributed by atoms with Crippen molar-refractivity contribution in [3.8, 4) is 5.75 Å². The van der Waals surface area contributed by atoms with E-state index in [4.69, 9.17) is 0 Å². The molecule has 2 rings (SSSR count). The Kier molecular flexibility index (Phi) is 6.10. The lowest BCUT2D eigenvalue weighted by atomic mass is 10.0. The van der Waals surface area contributed by atoms with Crippen molar-refractivity contribution in [3.63, 3.8) is 0 Å². The molecule has 0 aliphatic carbocycles. The average Bonchev–Trinajstić information content (AvgIpc) is 2.37. The molecule has 0 aromatic heterocycles. The number of rotatable bonds is 3. The Morgan fingerprint density at radius 3 is 2.20 bits per heavy atom. The number of halogens is 4. The second kappa shape index (κ2) is 7.15. The summed E-state index contributed by atoms with van der Waals surface area (Å²) in [4.78, 5) is 1.84. The van der Waals surface area contributed by atoms with E-state index in [0.717, 1.165) is 0 Å². The van der Waals surface area contributed by atoms with Gasteiger partial charge in [0.15, 0.2) is 0 Å². The molecule has 0 bridgehead atoms. The van der Waals surface area contributed by atoms with Crippen molar-refractivity contribution in [2.45, 2.75) is 18.6 Å². The summed E-state index contributed by atoms with van der Waals surface area (Å²) < 4.78 is 38.2. The molecule has 0 radical (unpaired) electrons. The Hall–Kier alpha value is -0.980. The molecule has 1 aromatic rings. The quantitative estimate of drug-likeness (QED) is 0.901. The zero-order chi connectivity index (χ0) is 13.9. The molecule has 0 unspecified atom stereocenters. The maximum absolute atomic E-state index is 12.7. The smallest absolute Gasteiger partial charge is 0.390 e. The highest BCUT2D eigenvalue weighted by Crippen LogP contribution is 2.34. The Balaban J connectivity index is 0.00000200. The van der Waals surface area contributed by atoms with E-state index in [1.54, 1.807) is 12.1 Å². The number of nitrogens with one attached hydrogen (secondary N) is 1. The second-order valence-electron chi connectivity index (χ2n) is 4.71. The van der Waals surface area contributed by atoms with Crippen LogP contribution in [0.15, 0.2) is 24.3 Å². The Morgan fingerprint density at radius 1 is 1.15 bits per heavy atom. The number of phenols is 1. The van der Waals surface area contributed by atoms with Crippen molar-refractivity contribution in [3.05, 3.63) is 29.8 Å². The van der Waals surface area contributed by atoms with Gasteiger partial charge in [-0.25, -0.2) is 0 Å². The maximum Gasteiger partial charge on any atom is 0.390 e. The van der Waals surface area contributed by atoms with Gasteiger partial charge >= 0.3 is 6.18 Å². The highest BCUT2D eigenvalue weighted by atomic mass is 35.5. The number of phenolic OH excluding ortho intramolecular Hbond substituents is 1. The number of benzene rings is 1. The minimum absolute atomic E-state index is 0. The molecule has 1 atom stereocenters. The molecule has 20 heavy (non-hydrogen) atoms. The van der Waals surface area contributed by atoms with E-state index in [-0.39, 0.29) is 18.2 Å². The van der Waals surface area contributed by atoms with E-state index < -0.39 is 18.6 Å². The van der Waals surface area contributed by atoms with Crippen LogP contribution in [0.1, 0.15) is 18.0 Å². The molecule has 2 N–H and O–H groups in total. The van der Waals surface area contributed by atoms with Crippen LogP contribution in [0.5, 0.6) is 5.75 Å². The Morgan fingerprint density at radius 2 is 1.70 bits per heavy atom. The molecule has 1 aliphatic rings. The first-order valence-electron chi connectivity index (χ1n) is 6.26. The van der Waals surface area contributed by atoms with E-state index >= 15 is 0 Å². The van der Waals surface area contributed by atoms with E-state index in [1.165, 1.54) is 12.1 Å². The standard InChI is InChI=1S/C13H17F3N2O.ClH/c14-13(15,16)9-12(18-7-5-17-6-8-18)10-1-3-11(19)4-2-10;/h1-4,12,17,19H,5-9H2;1H/t12-;/m1./s1. The van der Waals surface area contributed by atoms with E-state index in [2.05, 4.69) is 5.32 Å². The van der Waals surface area contributed by atoms with E-state index in [9.17, 15) is 18.3 Å². The average molecular weight is 311 g/mol. The fourth-order valence-electron chi connectivity index (χ4n) is 2.37. The van der Waals surface area contributed by atoms with Gasteiger partial charge in [-0.1, -0.05) is 12.1 Å². The number of alkyl halides is 3. The van der Waals surface area contributed by atoms with Crippen molar-refractivity contribution in [1.29, 1.82) is 0 Å². The van der Waals surface area contributed by atoms with Crippen LogP contribution in [-0.2, 0) is 0 Å². The van der Waals surface area contributed by atoms with Gasteiger partial charge in [-0.2, -0.15) is 13.2 Å². The summed E-state index contributed by atoms with van der Waals surface area (Å²) in [7, 11) is 0. The number of piperazine rings is 1. The molecular formula is C13H18ClF3N2O. The molecular weight excluding hydrogens is 293 g/mol. The van der Waals surface area contributed by atoms with Crippen LogP contribution >= 0.6 is 12.4 Å². The third-order valence-electron chi connectivity index (χ3n) is 3.30. The molecule has 1 aliphatic heterocycles. The van der Waals surface area contributed by atoms with E-state index in [0.29, 0.717) is 31.7 Å². The molecule has 3 nitrogen and oxygen atoms in total. The van der Waals surface area contributed by atoms with Crippen molar-refractivity contribution in [1.82, 2.24) is 10.2 Å². The number of hydrogen-bond donors (Lipinski definition) is 2. The largest absolute Gasteiger partial charge is 0.508 e. The molecule has 1 fully saturated rings. The normalized spacial score (nSPS) is 18.4. The summed E-state index contributed by atoms with van der Waals surface area (Å²) >= 11 is 0. The SMILES string of the molecule is Cl.Oc1ccc([C@@H](CC(F)(F)F)N2CCNCC2)cc1. The van der Waals surface area contributed by atoms with E-state index in [1.807, 2.05) is 4.90 Å². The van der Waals surface area contributed by atoms with Gasteiger partial charge in [0.05, 0.1) is 6.42 Å². The number of aromatic hydroxyl groups is 1. The van der Waals surface area contributed by atoms with Crippen molar-refractivity contribution < 1.29 is 18.3 Å². The maximum atomic E-state index is 12.7. The third kappa shape index (κ3) is 4.85. The third-order valence-corrected chi connectivity index (χ3v) is 3.30. The van der Waals surface area contributed by atoms with Crippen LogP contribution in [0.3, 0.4) is 0 Å². The first kappa shape index (κ1) is 17.1. The molecule has 0 spiro atoms. The fraction of sp³-hybridized carbons (Fsp3) is 0.538. The molecule has 7 heteroatoms. The van der Waals surface area contributed by atoms with Crippen molar-refractivity contribution in [2.75, 3.05) is 26.2 Å². The summed E-state index contributed by atoms with van der Waals surface area (Å²) in [5, 5.41) is 12.4. The highest BCUT2D eigenvalue weighted by molar-refractivity contribution is 5.85. The molecule has 0 amide bonds. The molecule has 1 heterocycles. The molecule has 0 saturated carbocycles. The first-order valence-corrected chi connectivity index (χ1v) is 6.26. The topological polar surface area (TPSA) is 35.5 Å². The lowest BCUT2D eigenvalue weighted by Gasteiger charge is -2.35. The van der Waals surface area contributed by atoms with Crippen LogP contribution < -0.4 is 5.32 Å². The predicted octanol–water partition coefficient (Wildman–Crippen LogP) is 2.71. The molecule has 1 saturated heterocycles. The van der Waals surface area contributed by atoms with Crippen molar-refractivity contribution in [2.24, 2.45) is 0 Å². The lowest BCUT2D eigenvalue weighted by Crippen LogP contribution is -2.46. The molecule has 114 valence electrons. The van der Waals surface area contributed by atoms with Gasteiger partial charge in [-0.3, -0.25) is 4.90 Å². The summed E-state index contributed by atoms with van der Waals surface area (Å²) in [5.74, 6) is 0.0646. The predicted molar refractivity (Wildman–Crippen MR) is 73.2 cm³/mol. The van der Waals surface area contributed by atoms with Gasteiger partial charge in [0.1, 0.15) is 5.75 Å². The lowest BCUT2D eigenvalue weighted by molar-refractivity contribution is -0.148. The monoisotopic (exact) mass is 310 g/mol. The van der Waals surface area contributed by atoms with Gasteiger partial charge < -0.3 is 10.4 Å². The van der Waals surface area contributed by atoms with Gasteiger partial charge in [0, 0.05) is 32.2 Å². The summed E-state index contributed by atoms with van der Waals surface area (Å²) in [5.41, 5.74) is 0.594. The summed E-state index contributed by atoms with van der Waals surface area (Å²) in [6.45, 7) is 2.60. The molecule has 1 aromatic carbocycles. The van der Waals surface area contributed by atoms with Gasteiger partial charge in [0.2, 0.25) is 0 Å². The zero-order valence-corrected chi connectivity index (χ0v) is 11.7.